The number of anilines is 1. The van der Waals surface area contributed by atoms with Crippen molar-refractivity contribution in [2.24, 2.45) is 0 Å². The molecule has 0 saturated carbocycles. The highest BCUT2D eigenvalue weighted by Crippen LogP contribution is 2.41. The van der Waals surface area contributed by atoms with Crippen LogP contribution in [0.4, 0.5) is 10.1 Å². The van der Waals surface area contributed by atoms with E-state index < -0.39 is 40.2 Å². The minimum atomic E-state index is -3.90. The van der Waals surface area contributed by atoms with E-state index in [1.807, 2.05) is 0 Å². The van der Waals surface area contributed by atoms with E-state index in [0.717, 1.165) is 21.8 Å². The number of carbonyl (C=O) groups excluding carboxylic acids is 2. The van der Waals surface area contributed by atoms with Gasteiger partial charge in [0.2, 0.25) is 5.78 Å². The lowest BCUT2D eigenvalue weighted by atomic mass is 10.1. The molecule has 1 heterocycles. The molecule has 0 unspecified atom stereocenters. The summed E-state index contributed by atoms with van der Waals surface area (Å²) in [5.74, 6) is -1.85. The van der Waals surface area contributed by atoms with Crippen LogP contribution in [0.15, 0.2) is 65.6 Å². The predicted octanol–water partition coefficient (Wildman–Crippen LogP) is 3.30. The predicted molar refractivity (Wildman–Crippen MR) is 105 cm³/mol. The van der Waals surface area contributed by atoms with Gasteiger partial charge in [0.25, 0.3) is 10.0 Å². The third-order valence-electron chi connectivity index (χ3n) is 4.76. The molecule has 8 heteroatoms. The fourth-order valence-corrected chi connectivity index (χ4v) is 5.04. The molecule has 4 rings (SSSR count). The lowest BCUT2D eigenvalue weighted by Gasteiger charge is -2.19. The van der Waals surface area contributed by atoms with E-state index >= 15 is 0 Å². The molecule has 0 aliphatic carbocycles. The van der Waals surface area contributed by atoms with Crippen molar-refractivity contribution in [1.82, 2.24) is 0 Å². The quantitative estimate of drug-likeness (QED) is 0.474. The molecule has 0 N–H and O–H groups in total. The Labute approximate surface area is 166 Å². The number of carbonyl (C=O) groups is 2. The van der Waals surface area contributed by atoms with Crippen molar-refractivity contribution in [2.45, 2.75) is 17.9 Å². The molecule has 29 heavy (non-hydrogen) atoms. The highest BCUT2D eigenvalue weighted by molar-refractivity contribution is 7.93. The summed E-state index contributed by atoms with van der Waals surface area (Å²) in [5.41, 5.74) is 0.588. The van der Waals surface area contributed by atoms with Crippen LogP contribution in [0.3, 0.4) is 0 Å². The van der Waals surface area contributed by atoms with Crippen LogP contribution >= 0.6 is 0 Å². The van der Waals surface area contributed by atoms with Crippen molar-refractivity contribution in [1.29, 1.82) is 0 Å². The van der Waals surface area contributed by atoms with Crippen LogP contribution < -0.4 is 4.31 Å². The van der Waals surface area contributed by atoms with Crippen molar-refractivity contribution < 1.29 is 27.1 Å². The van der Waals surface area contributed by atoms with Crippen LogP contribution in [-0.2, 0) is 19.6 Å². The van der Waals surface area contributed by atoms with Crippen molar-refractivity contribution >= 4 is 38.2 Å². The van der Waals surface area contributed by atoms with Gasteiger partial charge in [-0.1, -0.05) is 24.3 Å². The molecular weight excluding hydrogens is 397 g/mol. The molecule has 0 amide bonds. The molecule has 1 aliphatic rings. The minimum Gasteiger partial charge on any atom is -0.453 e. The molecule has 0 bridgehead atoms. The van der Waals surface area contributed by atoms with Gasteiger partial charge in [-0.05, 0) is 48.7 Å². The molecule has 3 aromatic rings. The fraction of sp³-hybridized carbons (Fsp3) is 0.143. The largest absolute Gasteiger partial charge is 0.453 e. The van der Waals surface area contributed by atoms with Gasteiger partial charge in [0.1, 0.15) is 12.4 Å². The van der Waals surface area contributed by atoms with Crippen LogP contribution in [-0.4, -0.2) is 32.8 Å². The normalized spacial score (nSPS) is 15.3. The summed E-state index contributed by atoms with van der Waals surface area (Å²) in [6.07, 6.45) is -1.14. The summed E-state index contributed by atoms with van der Waals surface area (Å²) in [6, 6.07) is 14.9. The number of hydrogen-bond donors (Lipinski definition) is 0. The molecule has 1 atom stereocenters. The van der Waals surface area contributed by atoms with Crippen LogP contribution in [0.5, 0.6) is 0 Å². The van der Waals surface area contributed by atoms with E-state index in [2.05, 4.69) is 0 Å². The fourth-order valence-electron chi connectivity index (χ4n) is 3.38. The number of Topliss-reactive ketones (excluding diaryl/α,β-unsaturated/α-hetero) is 1. The topological polar surface area (TPSA) is 80.8 Å². The number of nitrogens with zero attached hydrogens (tertiary/aromatic N) is 1. The summed E-state index contributed by atoms with van der Waals surface area (Å²) < 4.78 is 44.9. The van der Waals surface area contributed by atoms with E-state index in [4.69, 9.17) is 4.74 Å². The lowest BCUT2D eigenvalue weighted by Crippen LogP contribution is -2.36. The Morgan fingerprint density at radius 2 is 1.69 bits per heavy atom. The van der Waals surface area contributed by atoms with Crippen LogP contribution in [0.1, 0.15) is 17.3 Å². The van der Waals surface area contributed by atoms with Gasteiger partial charge in [0, 0.05) is 10.9 Å². The molecule has 3 aromatic carbocycles. The molecule has 6 nitrogen and oxygen atoms in total. The SMILES string of the molecule is C[C@H](OC(=O)CN1c2cccc3cccc(c23)S1(=O)=O)C(=O)c1ccc(F)cc1. The average molecular weight is 413 g/mol. The number of halogens is 1. The standard InChI is InChI=1S/C21H16FNO5S/c1-13(21(25)15-8-10-16(22)11-9-15)28-19(24)12-23-17-6-2-4-14-5-3-7-18(20(14)17)29(23,26)27/h2-11,13H,12H2,1H3/t13-/m0/s1. The third kappa shape index (κ3) is 3.25. The molecule has 0 aromatic heterocycles. The average Bonchev–Trinajstić information content (AvgIpc) is 2.91. The first-order valence-corrected chi connectivity index (χ1v) is 10.3. The second kappa shape index (κ2) is 6.97. The maximum absolute atomic E-state index is 13.0. The maximum atomic E-state index is 13.0. The smallest absolute Gasteiger partial charge is 0.327 e. The highest BCUT2D eigenvalue weighted by atomic mass is 32.2. The van der Waals surface area contributed by atoms with Crippen molar-refractivity contribution in [3.05, 3.63) is 72.0 Å². The lowest BCUT2D eigenvalue weighted by molar-refractivity contribution is -0.144. The van der Waals surface area contributed by atoms with Crippen molar-refractivity contribution in [3.63, 3.8) is 0 Å². The summed E-state index contributed by atoms with van der Waals surface area (Å²) in [7, 11) is -3.90. The number of hydrogen-bond acceptors (Lipinski definition) is 5. The number of rotatable bonds is 5. The monoisotopic (exact) mass is 413 g/mol. The van der Waals surface area contributed by atoms with Gasteiger partial charge >= 0.3 is 5.97 Å². The minimum absolute atomic E-state index is 0.133. The van der Waals surface area contributed by atoms with Gasteiger partial charge in [0.15, 0.2) is 6.10 Å². The van der Waals surface area contributed by atoms with E-state index in [9.17, 15) is 22.4 Å². The summed E-state index contributed by atoms with van der Waals surface area (Å²) in [6.45, 7) is 0.828. The Kier molecular flexibility index (Phi) is 4.58. The van der Waals surface area contributed by atoms with Gasteiger partial charge in [0.05, 0.1) is 10.6 Å². The number of benzene rings is 3. The summed E-state index contributed by atoms with van der Waals surface area (Å²) in [4.78, 5) is 24.9. The molecule has 148 valence electrons. The van der Waals surface area contributed by atoms with Crippen molar-refractivity contribution in [2.75, 3.05) is 10.8 Å². The third-order valence-corrected chi connectivity index (χ3v) is 6.56. The van der Waals surface area contributed by atoms with Gasteiger partial charge in [-0.25, -0.2) is 12.8 Å². The zero-order chi connectivity index (χ0) is 20.8. The van der Waals surface area contributed by atoms with Crippen molar-refractivity contribution in [3.8, 4) is 0 Å². The van der Waals surface area contributed by atoms with Crippen LogP contribution in [0.2, 0.25) is 0 Å². The Balaban J connectivity index is 1.54. The van der Waals surface area contributed by atoms with E-state index in [-0.39, 0.29) is 10.5 Å². The van der Waals surface area contributed by atoms with E-state index in [1.165, 1.54) is 25.1 Å². The Bertz CT molecular complexity index is 1230. The summed E-state index contributed by atoms with van der Waals surface area (Å²) >= 11 is 0. The number of esters is 1. The van der Waals surface area contributed by atoms with Crippen LogP contribution in [0.25, 0.3) is 10.8 Å². The molecule has 0 spiro atoms. The molecular formula is C21H16FNO5S. The summed E-state index contributed by atoms with van der Waals surface area (Å²) in [5, 5.41) is 1.30. The maximum Gasteiger partial charge on any atom is 0.327 e. The molecule has 1 aliphatic heterocycles. The van der Waals surface area contributed by atoms with Gasteiger partial charge in [-0.2, -0.15) is 0 Å². The van der Waals surface area contributed by atoms with Gasteiger partial charge in [-0.3, -0.25) is 13.9 Å². The first-order valence-electron chi connectivity index (χ1n) is 8.83. The second-order valence-electron chi connectivity index (χ2n) is 6.65. The first-order chi connectivity index (χ1) is 13.8. The first kappa shape index (κ1) is 19.1. The number of ether oxygens (including phenoxy) is 1. The zero-order valence-corrected chi connectivity index (χ0v) is 16.1. The highest BCUT2D eigenvalue weighted by Gasteiger charge is 2.37. The van der Waals surface area contributed by atoms with Crippen LogP contribution in [0, 0.1) is 5.82 Å². The van der Waals surface area contributed by atoms with E-state index in [1.54, 1.807) is 30.3 Å². The second-order valence-corrected chi connectivity index (χ2v) is 8.48. The number of ketones is 1. The number of sulfonamides is 1. The molecule has 0 saturated heterocycles. The molecule has 0 radical (unpaired) electrons. The Morgan fingerprint density at radius 3 is 2.38 bits per heavy atom. The van der Waals surface area contributed by atoms with Gasteiger partial charge in [-0.15, -0.1) is 0 Å². The van der Waals surface area contributed by atoms with E-state index in [0.29, 0.717) is 11.1 Å². The van der Waals surface area contributed by atoms with Gasteiger partial charge < -0.3 is 4.74 Å². The molecule has 0 fully saturated rings. The Hall–Kier alpha value is -3.26. The Morgan fingerprint density at radius 1 is 1.03 bits per heavy atom. The zero-order valence-electron chi connectivity index (χ0n) is 15.3.